The Labute approximate surface area is 81.8 Å². The van der Waals surface area contributed by atoms with E-state index in [1.165, 1.54) is 12.1 Å². The fourth-order valence-corrected chi connectivity index (χ4v) is 1.05. The van der Waals surface area contributed by atoms with E-state index in [0.717, 1.165) is 0 Å². The molecule has 1 aromatic carbocycles. The van der Waals surface area contributed by atoms with Crippen molar-refractivity contribution < 1.29 is 19.3 Å². The first-order valence-electron chi connectivity index (χ1n) is 4.36. The second-order valence-electron chi connectivity index (χ2n) is 2.94. The van der Waals surface area contributed by atoms with Crippen LogP contribution in [0.15, 0.2) is 18.2 Å². The molecule has 4 heteroatoms. The van der Waals surface area contributed by atoms with E-state index in [9.17, 15) is 4.39 Å². The molecule has 0 heterocycles. The lowest BCUT2D eigenvalue weighted by molar-refractivity contribution is 0.192. The number of benzene rings is 1. The van der Waals surface area contributed by atoms with Gasteiger partial charge in [-0.2, -0.15) is 0 Å². The number of halogens is 1. The maximum Gasteiger partial charge on any atom is 0.165 e. The van der Waals surface area contributed by atoms with E-state index in [0.29, 0.717) is 5.56 Å². The van der Waals surface area contributed by atoms with Crippen LogP contribution in [0.3, 0.4) is 0 Å². The highest BCUT2D eigenvalue weighted by Gasteiger charge is 2.07. The molecule has 3 nitrogen and oxygen atoms in total. The second kappa shape index (κ2) is 4.93. The molecule has 0 aromatic heterocycles. The SMILES string of the molecule is C[C@@H](O)c1ccc(OCCO)c(F)c1. The number of aliphatic hydroxyl groups is 2. The highest BCUT2D eigenvalue weighted by molar-refractivity contribution is 5.30. The quantitative estimate of drug-likeness (QED) is 0.769. The average Bonchev–Trinajstić information content (AvgIpc) is 2.15. The molecule has 0 spiro atoms. The van der Waals surface area contributed by atoms with Crippen molar-refractivity contribution in [3.8, 4) is 5.75 Å². The summed E-state index contributed by atoms with van der Waals surface area (Å²) in [5, 5.41) is 17.6. The number of hydrogen-bond donors (Lipinski definition) is 2. The Morgan fingerprint density at radius 3 is 2.71 bits per heavy atom. The van der Waals surface area contributed by atoms with Crippen molar-refractivity contribution in [2.45, 2.75) is 13.0 Å². The van der Waals surface area contributed by atoms with Gasteiger partial charge in [-0.25, -0.2) is 4.39 Å². The second-order valence-corrected chi connectivity index (χ2v) is 2.94. The summed E-state index contributed by atoms with van der Waals surface area (Å²) < 4.78 is 18.1. The van der Waals surface area contributed by atoms with Gasteiger partial charge in [0.2, 0.25) is 0 Å². The molecule has 0 aliphatic heterocycles. The van der Waals surface area contributed by atoms with Crippen LogP contribution in [0.2, 0.25) is 0 Å². The van der Waals surface area contributed by atoms with Crippen LogP contribution in [0, 0.1) is 5.82 Å². The van der Waals surface area contributed by atoms with Gasteiger partial charge in [-0.15, -0.1) is 0 Å². The average molecular weight is 200 g/mol. The molecule has 1 aromatic rings. The molecule has 78 valence electrons. The molecule has 0 aliphatic carbocycles. The highest BCUT2D eigenvalue weighted by atomic mass is 19.1. The summed E-state index contributed by atoms with van der Waals surface area (Å²) in [6.07, 6.45) is -0.698. The first-order chi connectivity index (χ1) is 6.65. The van der Waals surface area contributed by atoms with Crippen LogP contribution in [0.25, 0.3) is 0 Å². The molecule has 14 heavy (non-hydrogen) atoms. The lowest BCUT2D eigenvalue weighted by Crippen LogP contribution is -2.03. The van der Waals surface area contributed by atoms with E-state index < -0.39 is 11.9 Å². The van der Waals surface area contributed by atoms with Crippen LogP contribution in [-0.4, -0.2) is 23.4 Å². The van der Waals surface area contributed by atoms with Gasteiger partial charge < -0.3 is 14.9 Å². The van der Waals surface area contributed by atoms with Crippen LogP contribution >= 0.6 is 0 Å². The van der Waals surface area contributed by atoms with Gasteiger partial charge in [0, 0.05) is 0 Å². The van der Waals surface area contributed by atoms with Crippen molar-refractivity contribution in [1.82, 2.24) is 0 Å². The molecule has 0 fully saturated rings. The smallest absolute Gasteiger partial charge is 0.165 e. The minimum absolute atomic E-state index is 0.0605. The zero-order valence-corrected chi connectivity index (χ0v) is 7.90. The molecular formula is C10H13FO3. The van der Waals surface area contributed by atoms with Gasteiger partial charge in [0.25, 0.3) is 0 Å². The standard InChI is InChI=1S/C10H13FO3/c1-7(13)8-2-3-10(9(11)6-8)14-5-4-12/h2-3,6-7,12-13H,4-5H2,1H3/t7-/m1/s1. The molecule has 0 saturated heterocycles. The monoisotopic (exact) mass is 200 g/mol. The van der Waals surface area contributed by atoms with E-state index >= 15 is 0 Å². The maximum absolute atomic E-state index is 13.2. The van der Waals surface area contributed by atoms with Gasteiger partial charge in [0.05, 0.1) is 12.7 Å². The topological polar surface area (TPSA) is 49.7 Å². The zero-order valence-electron chi connectivity index (χ0n) is 7.90. The van der Waals surface area contributed by atoms with Crippen LogP contribution < -0.4 is 4.74 Å². The Bertz CT molecular complexity index is 299. The molecule has 1 rings (SSSR count). The van der Waals surface area contributed by atoms with E-state index in [2.05, 4.69) is 0 Å². The maximum atomic E-state index is 13.2. The number of hydrogen-bond acceptors (Lipinski definition) is 3. The van der Waals surface area contributed by atoms with Crippen molar-refractivity contribution in [1.29, 1.82) is 0 Å². The van der Waals surface area contributed by atoms with Crippen molar-refractivity contribution in [3.63, 3.8) is 0 Å². The molecule has 0 bridgehead atoms. The number of aliphatic hydroxyl groups excluding tert-OH is 2. The summed E-state index contributed by atoms with van der Waals surface area (Å²) in [6.45, 7) is 1.46. The molecule has 0 amide bonds. The van der Waals surface area contributed by atoms with E-state index in [-0.39, 0.29) is 19.0 Å². The van der Waals surface area contributed by atoms with Gasteiger partial charge in [0.1, 0.15) is 6.61 Å². The van der Waals surface area contributed by atoms with Crippen LogP contribution in [0.4, 0.5) is 4.39 Å². The third-order valence-corrected chi connectivity index (χ3v) is 1.79. The Hall–Kier alpha value is -1.13. The van der Waals surface area contributed by atoms with Gasteiger partial charge in [-0.1, -0.05) is 6.07 Å². The van der Waals surface area contributed by atoms with Crippen LogP contribution in [0.1, 0.15) is 18.6 Å². The number of ether oxygens (including phenoxy) is 1. The normalized spacial score (nSPS) is 12.6. The minimum atomic E-state index is -0.698. The van der Waals surface area contributed by atoms with Crippen LogP contribution in [0.5, 0.6) is 5.75 Å². The largest absolute Gasteiger partial charge is 0.488 e. The lowest BCUT2D eigenvalue weighted by atomic mass is 10.1. The fraction of sp³-hybridized carbons (Fsp3) is 0.400. The molecule has 0 aliphatic rings. The van der Waals surface area contributed by atoms with Crippen molar-refractivity contribution in [2.24, 2.45) is 0 Å². The molecule has 0 unspecified atom stereocenters. The third-order valence-electron chi connectivity index (χ3n) is 1.79. The predicted octanol–water partition coefficient (Wildman–Crippen LogP) is 1.25. The summed E-state index contributed by atoms with van der Waals surface area (Å²) in [6, 6.07) is 4.24. The minimum Gasteiger partial charge on any atom is -0.488 e. The summed E-state index contributed by atoms with van der Waals surface area (Å²) in [7, 11) is 0. The Kier molecular flexibility index (Phi) is 3.85. The fourth-order valence-electron chi connectivity index (χ4n) is 1.05. The van der Waals surface area contributed by atoms with Gasteiger partial charge in [-0.3, -0.25) is 0 Å². The van der Waals surface area contributed by atoms with Crippen LogP contribution in [-0.2, 0) is 0 Å². The molecular weight excluding hydrogens is 187 g/mol. The first kappa shape index (κ1) is 10.9. The summed E-state index contributed by atoms with van der Waals surface area (Å²) in [5.74, 6) is -0.444. The van der Waals surface area contributed by atoms with E-state index in [4.69, 9.17) is 14.9 Å². The van der Waals surface area contributed by atoms with Gasteiger partial charge in [0.15, 0.2) is 11.6 Å². The predicted molar refractivity (Wildman–Crippen MR) is 49.6 cm³/mol. The Morgan fingerprint density at radius 2 is 2.21 bits per heavy atom. The Balaban J connectivity index is 2.79. The lowest BCUT2D eigenvalue weighted by Gasteiger charge is -2.08. The molecule has 1 atom stereocenters. The number of rotatable bonds is 4. The highest BCUT2D eigenvalue weighted by Crippen LogP contribution is 2.21. The molecule has 0 saturated carbocycles. The van der Waals surface area contributed by atoms with Gasteiger partial charge in [-0.05, 0) is 24.6 Å². The third kappa shape index (κ3) is 2.68. The van der Waals surface area contributed by atoms with Gasteiger partial charge >= 0.3 is 0 Å². The van der Waals surface area contributed by atoms with Crippen molar-refractivity contribution in [2.75, 3.05) is 13.2 Å². The summed E-state index contributed by atoms with van der Waals surface area (Å²) in [4.78, 5) is 0. The molecule has 0 radical (unpaired) electrons. The van der Waals surface area contributed by atoms with Crippen molar-refractivity contribution >= 4 is 0 Å². The molecule has 2 N–H and O–H groups in total. The zero-order chi connectivity index (χ0) is 10.6. The van der Waals surface area contributed by atoms with Crippen molar-refractivity contribution in [3.05, 3.63) is 29.6 Å². The summed E-state index contributed by atoms with van der Waals surface area (Å²) in [5.41, 5.74) is 0.499. The Morgan fingerprint density at radius 1 is 1.50 bits per heavy atom. The summed E-state index contributed by atoms with van der Waals surface area (Å²) >= 11 is 0. The van der Waals surface area contributed by atoms with E-state index in [1.54, 1.807) is 13.0 Å². The van der Waals surface area contributed by atoms with E-state index in [1.807, 2.05) is 0 Å². The first-order valence-corrected chi connectivity index (χ1v) is 4.36.